The fourth-order valence-electron chi connectivity index (χ4n) is 5.16. The van der Waals surface area contributed by atoms with Gasteiger partial charge in [0.05, 0.1) is 13.6 Å². The molecule has 14 heteroatoms. The molecule has 1 fully saturated rings. The Morgan fingerprint density at radius 1 is 0.977 bits per heavy atom. The van der Waals surface area contributed by atoms with Crippen LogP contribution in [0.1, 0.15) is 36.8 Å². The molecule has 1 aliphatic rings. The van der Waals surface area contributed by atoms with E-state index in [0.717, 1.165) is 30.5 Å². The number of aryl methyl sites for hydroxylation is 2. The minimum absolute atomic E-state index is 0.0127. The van der Waals surface area contributed by atoms with Crippen LogP contribution in [-0.2, 0) is 33.2 Å². The summed E-state index contributed by atoms with van der Waals surface area (Å²) in [4.78, 5) is 12.7. The van der Waals surface area contributed by atoms with Crippen LogP contribution in [0, 0.1) is 0 Å². The van der Waals surface area contributed by atoms with Crippen molar-refractivity contribution < 1.29 is 43.7 Å². The van der Waals surface area contributed by atoms with Crippen molar-refractivity contribution in [1.82, 2.24) is 9.88 Å². The standard InChI is InChI=1S/C29H40N3O3Si.F6P/c1-31-19-20-32(23-31)18-12-11-17-28(33)34-26-21-27(30-22-26)29(35-36(2,3)4,24-13-7-5-8-14-24)25-15-9-6-10-16-25;1-7(2,3,4,5)6/h5-10,13-16,19-20,23,26-27,30H,11-12,17-18,21-22H2,1-4H3;/q+1;-1/t26-,27-;/m1./s1. The number of aromatic nitrogens is 2. The normalized spacial score (nSPS) is 19.1. The monoisotopic (exact) mass is 651 g/mol. The number of benzene rings is 2. The van der Waals surface area contributed by atoms with E-state index in [1.807, 2.05) is 29.9 Å². The van der Waals surface area contributed by atoms with Crippen molar-refractivity contribution in [2.24, 2.45) is 7.05 Å². The SMILES string of the molecule is C[n+]1ccn(CCCCC(=O)O[C@H]2CN[C@@H](C(O[Si](C)(C)C)(c3ccccc3)c3ccccc3)C2)c1.F[P-](F)(F)(F)(F)F. The van der Waals surface area contributed by atoms with Gasteiger partial charge in [0.2, 0.25) is 6.33 Å². The first-order valence-electron chi connectivity index (χ1n) is 14.0. The number of unbranched alkanes of at least 4 members (excludes halogenated alkanes) is 1. The Kier molecular flexibility index (Phi) is 10.3. The van der Waals surface area contributed by atoms with Gasteiger partial charge in [-0.05, 0) is 43.6 Å². The summed E-state index contributed by atoms with van der Waals surface area (Å²) >= 11 is 0. The molecule has 1 aliphatic heterocycles. The van der Waals surface area contributed by atoms with Crippen molar-refractivity contribution in [3.05, 3.63) is 90.5 Å². The second-order valence-electron chi connectivity index (χ2n) is 11.7. The van der Waals surface area contributed by atoms with Crippen molar-refractivity contribution in [2.45, 2.75) is 69.6 Å². The second kappa shape index (κ2) is 12.7. The summed E-state index contributed by atoms with van der Waals surface area (Å²) in [6.07, 6.45) is 8.89. The third-order valence-electron chi connectivity index (χ3n) is 6.62. The first-order valence-corrected chi connectivity index (χ1v) is 19.5. The zero-order valence-corrected chi connectivity index (χ0v) is 26.6. The summed E-state index contributed by atoms with van der Waals surface area (Å²) in [5, 5.41) is 3.68. The molecule has 6 nitrogen and oxygen atoms in total. The van der Waals surface area contributed by atoms with Gasteiger partial charge in [0.15, 0.2) is 8.32 Å². The summed E-state index contributed by atoms with van der Waals surface area (Å²) in [5.74, 6) is -0.114. The number of ether oxygens (including phenoxy) is 1. The number of rotatable bonds is 11. The van der Waals surface area contributed by atoms with Crippen molar-refractivity contribution in [3.8, 4) is 0 Å². The average molecular weight is 652 g/mol. The van der Waals surface area contributed by atoms with E-state index in [2.05, 4.69) is 90.6 Å². The Balaban J connectivity index is 0.000000646. The number of nitrogens with one attached hydrogen (secondary N) is 1. The molecular weight excluding hydrogens is 611 g/mol. The van der Waals surface area contributed by atoms with Crippen molar-refractivity contribution in [1.29, 1.82) is 0 Å². The van der Waals surface area contributed by atoms with Gasteiger partial charge in [0.25, 0.3) is 0 Å². The van der Waals surface area contributed by atoms with Crippen molar-refractivity contribution in [2.75, 3.05) is 6.54 Å². The molecule has 2 atom stereocenters. The molecule has 0 amide bonds. The molecule has 1 aromatic heterocycles. The Bertz CT molecular complexity index is 1290. The van der Waals surface area contributed by atoms with Gasteiger partial charge in [-0.2, -0.15) is 0 Å². The van der Waals surface area contributed by atoms with Crippen molar-refractivity contribution in [3.63, 3.8) is 0 Å². The van der Waals surface area contributed by atoms with Gasteiger partial charge < -0.3 is 14.5 Å². The number of hydrogen-bond donors (Lipinski definition) is 1. The maximum atomic E-state index is 12.7. The predicted molar refractivity (Wildman–Crippen MR) is 157 cm³/mol. The number of carbonyl (C=O) groups excluding carboxylic acids is 1. The van der Waals surface area contributed by atoms with E-state index in [4.69, 9.17) is 9.16 Å². The van der Waals surface area contributed by atoms with Crippen LogP contribution in [0.15, 0.2) is 79.4 Å². The predicted octanol–water partition coefficient (Wildman–Crippen LogP) is 7.93. The number of esters is 1. The fraction of sp³-hybridized carbons (Fsp3) is 0.448. The van der Waals surface area contributed by atoms with Crippen LogP contribution in [-0.4, -0.2) is 37.5 Å². The summed E-state index contributed by atoms with van der Waals surface area (Å²) in [6.45, 7) is 8.23. The molecule has 240 valence electrons. The topological polar surface area (TPSA) is 56.4 Å². The van der Waals surface area contributed by atoms with Gasteiger partial charge >= 0.3 is 39.0 Å². The fourth-order valence-corrected chi connectivity index (χ4v) is 6.50. The molecule has 43 heavy (non-hydrogen) atoms. The Labute approximate surface area is 249 Å². The Hall–Kier alpha value is -2.73. The van der Waals surface area contributed by atoms with E-state index in [9.17, 15) is 30.0 Å². The van der Waals surface area contributed by atoms with E-state index in [-0.39, 0.29) is 18.1 Å². The molecule has 0 unspecified atom stereocenters. The summed E-state index contributed by atoms with van der Waals surface area (Å²) in [5.41, 5.74) is 1.60. The second-order valence-corrected chi connectivity index (χ2v) is 18.1. The van der Waals surface area contributed by atoms with Gasteiger partial charge in [-0.3, -0.25) is 4.79 Å². The van der Waals surface area contributed by atoms with Crippen molar-refractivity contribution >= 4 is 22.1 Å². The molecule has 4 rings (SSSR count). The van der Waals surface area contributed by atoms with E-state index < -0.39 is 21.7 Å². The summed E-state index contributed by atoms with van der Waals surface area (Å²) in [6, 6.07) is 21.0. The van der Waals surface area contributed by atoms with Crippen LogP contribution < -0.4 is 9.88 Å². The molecule has 0 bridgehead atoms. The van der Waals surface area contributed by atoms with Gasteiger partial charge in [0, 0.05) is 25.4 Å². The minimum atomic E-state index is -10.7. The quantitative estimate of drug-likeness (QED) is 0.0572. The number of nitrogens with zero attached hydrogens (tertiary/aromatic N) is 2. The summed E-state index contributed by atoms with van der Waals surface area (Å²) in [7, 11) is -10.6. The maximum absolute atomic E-state index is 12.7. The third-order valence-corrected chi connectivity index (χ3v) is 7.56. The zero-order valence-electron chi connectivity index (χ0n) is 24.7. The van der Waals surface area contributed by atoms with Gasteiger partial charge in [-0.1, -0.05) is 60.7 Å². The first-order chi connectivity index (χ1) is 19.7. The molecular formula is C29H40F6N3O3PSi. The molecule has 0 aliphatic carbocycles. The molecule has 0 spiro atoms. The van der Waals surface area contributed by atoms with E-state index in [1.54, 1.807) is 0 Å². The van der Waals surface area contributed by atoms with Crippen LogP contribution in [0.3, 0.4) is 0 Å². The van der Waals surface area contributed by atoms with Crippen LogP contribution in [0.2, 0.25) is 19.6 Å². The van der Waals surface area contributed by atoms with E-state index in [0.29, 0.717) is 19.4 Å². The zero-order chi connectivity index (χ0) is 32.0. The first kappa shape index (κ1) is 34.8. The van der Waals surface area contributed by atoms with Crippen LogP contribution in [0.5, 0.6) is 0 Å². The molecule has 2 heterocycles. The van der Waals surface area contributed by atoms with Crippen LogP contribution in [0.25, 0.3) is 0 Å². The number of halogens is 6. The van der Waals surface area contributed by atoms with Crippen LogP contribution >= 0.6 is 7.81 Å². The molecule has 0 saturated carbocycles. The van der Waals surface area contributed by atoms with Crippen LogP contribution in [0.4, 0.5) is 25.2 Å². The third kappa shape index (κ3) is 12.4. The van der Waals surface area contributed by atoms with Gasteiger partial charge in [-0.15, -0.1) is 0 Å². The number of imidazole rings is 1. The van der Waals surface area contributed by atoms with E-state index >= 15 is 0 Å². The van der Waals surface area contributed by atoms with Gasteiger partial charge in [0.1, 0.15) is 24.1 Å². The molecule has 1 N–H and O–H groups in total. The molecule has 3 aromatic rings. The number of hydrogen-bond acceptors (Lipinski definition) is 4. The number of carbonyl (C=O) groups is 1. The van der Waals surface area contributed by atoms with E-state index in [1.165, 1.54) is 0 Å². The van der Waals surface area contributed by atoms with Gasteiger partial charge in [-0.25, -0.2) is 9.13 Å². The molecule has 2 aromatic carbocycles. The summed E-state index contributed by atoms with van der Waals surface area (Å²) < 4.78 is 76.4. The molecule has 1 saturated heterocycles. The Morgan fingerprint density at radius 2 is 1.51 bits per heavy atom. The molecule has 0 radical (unpaired) electrons. The Morgan fingerprint density at radius 3 is 1.98 bits per heavy atom. The average Bonchev–Trinajstić information content (AvgIpc) is 3.53.